The van der Waals surface area contributed by atoms with Crippen LogP contribution in [0.5, 0.6) is 11.5 Å². The van der Waals surface area contributed by atoms with Gasteiger partial charge in [-0.3, -0.25) is 4.79 Å². The molecule has 0 aliphatic heterocycles. The highest BCUT2D eigenvalue weighted by molar-refractivity contribution is 7.08. The van der Waals surface area contributed by atoms with Crippen molar-refractivity contribution in [2.45, 2.75) is 13.5 Å². The Labute approximate surface area is 127 Å². The molecule has 2 aromatic rings. The van der Waals surface area contributed by atoms with Gasteiger partial charge in [0.05, 0.1) is 25.5 Å². The van der Waals surface area contributed by atoms with Crippen molar-refractivity contribution in [1.82, 2.24) is 5.32 Å². The molecular weight excluding hydrogens is 288 g/mol. The maximum Gasteiger partial charge on any atom is 0.253 e. The van der Waals surface area contributed by atoms with Crippen LogP contribution >= 0.6 is 11.3 Å². The van der Waals surface area contributed by atoms with Gasteiger partial charge in [-0.15, -0.1) is 0 Å². The fourth-order valence-corrected chi connectivity index (χ4v) is 2.77. The van der Waals surface area contributed by atoms with Gasteiger partial charge in [0.2, 0.25) is 0 Å². The first-order valence-electron chi connectivity index (χ1n) is 6.38. The Hall–Kier alpha value is -2.21. The van der Waals surface area contributed by atoms with Gasteiger partial charge in [0.1, 0.15) is 11.5 Å². The van der Waals surface area contributed by atoms with E-state index < -0.39 is 0 Å². The first-order valence-corrected chi connectivity index (χ1v) is 7.32. The Morgan fingerprint density at radius 3 is 2.62 bits per heavy atom. The van der Waals surface area contributed by atoms with Crippen molar-refractivity contribution in [3.05, 3.63) is 39.6 Å². The predicted octanol–water partition coefficient (Wildman–Crippen LogP) is 2.59. The van der Waals surface area contributed by atoms with Gasteiger partial charge in [-0.25, -0.2) is 0 Å². The zero-order valence-electron chi connectivity index (χ0n) is 12.2. The molecule has 21 heavy (non-hydrogen) atoms. The molecule has 0 atom stereocenters. The molecule has 0 spiro atoms. The number of nitrogen functional groups attached to an aromatic ring is 1. The second kappa shape index (κ2) is 6.49. The number of hydrogen-bond acceptors (Lipinski definition) is 5. The normalized spacial score (nSPS) is 10.2. The lowest BCUT2D eigenvalue weighted by atomic mass is 10.1. The third kappa shape index (κ3) is 3.28. The minimum atomic E-state index is -0.254. The van der Waals surface area contributed by atoms with E-state index in [-0.39, 0.29) is 5.91 Å². The lowest BCUT2D eigenvalue weighted by molar-refractivity contribution is 0.0951. The van der Waals surface area contributed by atoms with Gasteiger partial charge in [0.15, 0.2) is 0 Å². The van der Waals surface area contributed by atoms with Gasteiger partial charge in [0, 0.05) is 12.6 Å². The van der Waals surface area contributed by atoms with Gasteiger partial charge in [-0.05, 0) is 34.9 Å². The van der Waals surface area contributed by atoms with Crippen LogP contribution in [0.15, 0.2) is 22.9 Å². The van der Waals surface area contributed by atoms with E-state index >= 15 is 0 Å². The molecule has 0 aliphatic rings. The van der Waals surface area contributed by atoms with Crippen LogP contribution in [-0.4, -0.2) is 20.1 Å². The highest BCUT2D eigenvalue weighted by Gasteiger charge is 2.16. The van der Waals surface area contributed by atoms with Gasteiger partial charge < -0.3 is 20.5 Å². The maximum absolute atomic E-state index is 12.3. The van der Waals surface area contributed by atoms with Gasteiger partial charge >= 0.3 is 0 Å². The summed E-state index contributed by atoms with van der Waals surface area (Å²) in [4.78, 5) is 12.3. The molecule has 1 heterocycles. The molecular formula is C15H18N2O3S. The van der Waals surface area contributed by atoms with Gasteiger partial charge in [0.25, 0.3) is 5.91 Å². The highest BCUT2D eigenvalue weighted by Crippen LogP contribution is 2.31. The average Bonchev–Trinajstić information content (AvgIpc) is 2.90. The Bertz CT molecular complexity index is 652. The Kier molecular flexibility index (Phi) is 4.70. The van der Waals surface area contributed by atoms with Crippen LogP contribution in [0.2, 0.25) is 0 Å². The Morgan fingerprint density at radius 1 is 1.29 bits per heavy atom. The number of hydrogen-bond donors (Lipinski definition) is 2. The predicted molar refractivity (Wildman–Crippen MR) is 84.2 cm³/mol. The van der Waals surface area contributed by atoms with E-state index in [0.717, 1.165) is 11.1 Å². The van der Waals surface area contributed by atoms with Crippen LogP contribution in [-0.2, 0) is 6.54 Å². The van der Waals surface area contributed by atoms with Crippen LogP contribution in [0.3, 0.4) is 0 Å². The number of carbonyl (C=O) groups excluding carboxylic acids is 1. The quantitative estimate of drug-likeness (QED) is 0.833. The largest absolute Gasteiger partial charge is 0.497 e. The summed E-state index contributed by atoms with van der Waals surface area (Å²) in [5.74, 6) is 0.694. The van der Waals surface area contributed by atoms with Gasteiger partial charge in [-0.2, -0.15) is 11.3 Å². The highest BCUT2D eigenvalue weighted by atomic mass is 32.1. The standard InChI is InChI=1S/C15H18N2O3S/c1-9-7-21-8-10(9)6-17-15(18)12-4-11(19-2)5-13(20-3)14(12)16/h4-5,7-8H,6,16H2,1-3H3,(H,17,18). The summed E-state index contributed by atoms with van der Waals surface area (Å²) in [5.41, 5.74) is 8.87. The second-order valence-corrected chi connectivity index (χ2v) is 5.30. The number of anilines is 1. The minimum Gasteiger partial charge on any atom is -0.497 e. The zero-order valence-corrected chi connectivity index (χ0v) is 13.0. The number of ether oxygens (including phenoxy) is 2. The SMILES string of the molecule is COc1cc(OC)c(N)c(C(=O)NCc2cscc2C)c1. The van der Waals surface area contributed by atoms with E-state index in [0.29, 0.717) is 29.3 Å². The van der Waals surface area contributed by atoms with E-state index in [1.54, 1.807) is 23.5 Å². The summed E-state index contributed by atoms with van der Waals surface area (Å²) in [6.07, 6.45) is 0. The molecule has 0 saturated carbocycles. The van der Waals surface area contributed by atoms with Crippen molar-refractivity contribution in [2.24, 2.45) is 0 Å². The summed E-state index contributed by atoms with van der Waals surface area (Å²) in [6.45, 7) is 2.48. The van der Waals surface area contributed by atoms with E-state index in [2.05, 4.69) is 5.32 Å². The third-order valence-electron chi connectivity index (χ3n) is 3.22. The monoisotopic (exact) mass is 306 g/mol. The maximum atomic E-state index is 12.3. The minimum absolute atomic E-state index is 0.254. The van der Waals surface area contributed by atoms with Crippen molar-refractivity contribution >= 4 is 22.9 Å². The molecule has 1 aromatic carbocycles. The molecule has 2 rings (SSSR count). The van der Waals surface area contributed by atoms with Gasteiger partial charge in [-0.1, -0.05) is 0 Å². The van der Waals surface area contributed by atoms with E-state index in [1.807, 2.05) is 17.7 Å². The van der Waals surface area contributed by atoms with Crippen LogP contribution in [0.25, 0.3) is 0 Å². The smallest absolute Gasteiger partial charge is 0.253 e. The molecule has 1 amide bonds. The number of thiophene rings is 1. The van der Waals surface area contributed by atoms with E-state index in [4.69, 9.17) is 15.2 Å². The molecule has 1 aromatic heterocycles. The topological polar surface area (TPSA) is 73.6 Å². The number of rotatable bonds is 5. The Morgan fingerprint density at radius 2 is 2.05 bits per heavy atom. The number of nitrogens with two attached hydrogens (primary N) is 1. The molecule has 5 nitrogen and oxygen atoms in total. The third-order valence-corrected chi connectivity index (χ3v) is 4.13. The first kappa shape index (κ1) is 15.2. The van der Waals surface area contributed by atoms with Crippen LogP contribution in [0.4, 0.5) is 5.69 Å². The number of methoxy groups -OCH3 is 2. The molecule has 0 saturated heterocycles. The first-order chi connectivity index (χ1) is 10.1. The van der Waals surface area contributed by atoms with Crippen LogP contribution in [0.1, 0.15) is 21.5 Å². The number of carbonyl (C=O) groups is 1. The number of amides is 1. The number of nitrogens with one attached hydrogen (secondary N) is 1. The molecule has 6 heteroatoms. The lowest BCUT2D eigenvalue weighted by Crippen LogP contribution is -2.24. The molecule has 0 bridgehead atoms. The van der Waals surface area contributed by atoms with E-state index in [9.17, 15) is 4.79 Å². The van der Waals surface area contributed by atoms with Crippen molar-refractivity contribution in [2.75, 3.05) is 20.0 Å². The lowest BCUT2D eigenvalue weighted by Gasteiger charge is -2.13. The molecule has 0 unspecified atom stereocenters. The van der Waals surface area contributed by atoms with Crippen molar-refractivity contribution in [3.63, 3.8) is 0 Å². The van der Waals surface area contributed by atoms with Crippen LogP contribution in [0, 0.1) is 6.92 Å². The molecule has 0 radical (unpaired) electrons. The fourth-order valence-electron chi connectivity index (χ4n) is 1.91. The second-order valence-electron chi connectivity index (χ2n) is 4.55. The zero-order chi connectivity index (χ0) is 15.4. The number of benzene rings is 1. The molecule has 0 fully saturated rings. The molecule has 0 aliphatic carbocycles. The van der Waals surface area contributed by atoms with Crippen LogP contribution < -0.4 is 20.5 Å². The summed E-state index contributed by atoms with van der Waals surface area (Å²) in [7, 11) is 3.03. The Balaban J connectivity index is 2.20. The average molecular weight is 306 g/mol. The summed E-state index contributed by atoms with van der Waals surface area (Å²) in [6, 6.07) is 3.25. The fraction of sp³-hybridized carbons (Fsp3) is 0.267. The van der Waals surface area contributed by atoms with Crippen molar-refractivity contribution in [3.8, 4) is 11.5 Å². The summed E-state index contributed by atoms with van der Waals surface area (Å²) in [5, 5.41) is 6.93. The number of aryl methyl sites for hydroxylation is 1. The molecule has 112 valence electrons. The summed E-state index contributed by atoms with van der Waals surface area (Å²) >= 11 is 1.61. The van der Waals surface area contributed by atoms with E-state index in [1.165, 1.54) is 14.2 Å². The van der Waals surface area contributed by atoms with Crippen molar-refractivity contribution in [1.29, 1.82) is 0 Å². The molecule has 3 N–H and O–H groups in total. The summed E-state index contributed by atoms with van der Waals surface area (Å²) < 4.78 is 10.3. The van der Waals surface area contributed by atoms with Crippen molar-refractivity contribution < 1.29 is 14.3 Å².